The summed E-state index contributed by atoms with van der Waals surface area (Å²) in [6.07, 6.45) is 2.16. The predicted molar refractivity (Wildman–Crippen MR) is 66.4 cm³/mol. The molecule has 0 spiro atoms. The first kappa shape index (κ1) is 12.4. The summed E-state index contributed by atoms with van der Waals surface area (Å²) in [7, 11) is 0. The van der Waals surface area contributed by atoms with Crippen molar-refractivity contribution in [1.29, 1.82) is 0 Å². The van der Waals surface area contributed by atoms with Gasteiger partial charge in [-0.15, -0.1) is 0 Å². The summed E-state index contributed by atoms with van der Waals surface area (Å²) >= 11 is 0. The van der Waals surface area contributed by atoms with E-state index >= 15 is 0 Å². The predicted octanol–water partition coefficient (Wildman–Crippen LogP) is 2.49. The minimum atomic E-state index is -0.0432. The third kappa shape index (κ3) is 4.73. The van der Waals surface area contributed by atoms with E-state index in [0.717, 1.165) is 5.56 Å². The molecule has 0 fully saturated rings. The van der Waals surface area contributed by atoms with Crippen molar-refractivity contribution in [2.75, 3.05) is 0 Å². The smallest absolute Gasteiger partial charge is 0.240 e. The molecule has 0 heterocycles. The lowest BCUT2D eigenvalue weighted by Crippen LogP contribution is -2.19. The molecule has 16 heavy (non-hydrogen) atoms. The molecule has 0 aliphatic rings. The first-order valence-corrected chi connectivity index (χ1v) is 5.46. The molecule has 3 heteroatoms. The molecule has 1 N–H and O–H groups in total. The van der Waals surface area contributed by atoms with Crippen LogP contribution in [-0.2, 0) is 4.79 Å². The van der Waals surface area contributed by atoms with Crippen molar-refractivity contribution in [3.63, 3.8) is 0 Å². The SMILES string of the molecule is Cc1ccc(/C=N/NC(=O)CC(C)C)cc1. The average molecular weight is 218 g/mol. The molecule has 0 saturated carbocycles. The molecule has 1 amide bonds. The molecule has 3 nitrogen and oxygen atoms in total. The average Bonchev–Trinajstić information content (AvgIpc) is 2.20. The zero-order chi connectivity index (χ0) is 12.0. The topological polar surface area (TPSA) is 41.5 Å². The highest BCUT2D eigenvalue weighted by atomic mass is 16.2. The third-order valence-corrected chi connectivity index (χ3v) is 2.07. The molecular formula is C13H18N2O. The van der Waals surface area contributed by atoms with Crippen LogP contribution in [-0.4, -0.2) is 12.1 Å². The van der Waals surface area contributed by atoms with Crippen molar-refractivity contribution < 1.29 is 4.79 Å². The Kier molecular flexibility index (Phi) is 4.70. The summed E-state index contributed by atoms with van der Waals surface area (Å²) in [5.41, 5.74) is 4.70. The maximum Gasteiger partial charge on any atom is 0.240 e. The van der Waals surface area contributed by atoms with E-state index in [1.54, 1.807) is 6.21 Å². The molecule has 0 bridgehead atoms. The Morgan fingerprint density at radius 2 is 2.00 bits per heavy atom. The van der Waals surface area contributed by atoms with Crippen LogP contribution in [0.4, 0.5) is 0 Å². The summed E-state index contributed by atoms with van der Waals surface area (Å²) in [4.78, 5) is 11.3. The number of carbonyl (C=O) groups is 1. The highest BCUT2D eigenvalue weighted by molar-refractivity contribution is 5.82. The van der Waals surface area contributed by atoms with Gasteiger partial charge in [-0.05, 0) is 18.4 Å². The van der Waals surface area contributed by atoms with Crippen LogP contribution in [0.25, 0.3) is 0 Å². The summed E-state index contributed by atoms with van der Waals surface area (Å²) in [5.74, 6) is 0.313. The van der Waals surface area contributed by atoms with Gasteiger partial charge in [0.25, 0.3) is 0 Å². The van der Waals surface area contributed by atoms with Gasteiger partial charge in [0, 0.05) is 6.42 Å². The summed E-state index contributed by atoms with van der Waals surface area (Å²) in [6.45, 7) is 6.04. The number of nitrogens with zero attached hydrogens (tertiary/aromatic N) is 1. The molecule has 86 valence electrons. The maximum absolute atomic E-state index is 11.3. The molecule has 1 aromatic rings. The van der Waals surface area contributed by atoms with Crippen LogP contribution in [0.1, 0.15) is 31.4 Å². The lowest BCUT2D eigenvalue weighted by molar-refractivity contribution is -0.121. The standard InChI is InChI=1S/C13H18N2O/c1-10(2)8-13(16)15-14-9-12-6-4-11(3)5-7-12/h4-7,9-10H,8H2,1-3H3,(H,15,16)/b14-9+. The number of benzene rings is 1. The van der Waals surface area contributed by atoms with E-state index in [1.165, 1.54) is 5.56 Å². The van der Waals surface area contributed by atoms with Gasteiger partial charge in [0.15, 0.2) is 0 Å². The highest BCUT2D eigenvalue weighted by Gasteiger charge is 2.01. The van der Waals surface area contributed by atoms with Gasteiger partial charge in [0.05, 0.1) is 6.21 Å². The zero-order valence-corrected chi connectivity index (χ0v) is 10.0. The van der Waals surface area contributed by atoms with Crippen LogP contribution in [0.15, 0.2) is 29.4 Å². The number of hydrazone groups is 1. The number of carbonyl (C=O) groups excluding carboxylic acids is 1. The maximum atomic E-state index is 11.3. The van der Waals surface area contributed by atoms with Crippen molar-refractivity contribution in [3.05, 3.63) is 35.4 Å². The molecule has 0 aliphatic heterocycles. The van der Waals surface area contributed by atoms with Crippen molar-refractivity contribution in [2.24, 2.45) is 11.0 Å². The highest BCUT2D eigenvalue weighted by Crippen LogP contribution is 2.00. The van der Waals surface area contributed by atoms with Crippen LogP contribution in [0.2, 0.25) is 0 Å². The van der Waals surface area contributed by atoms with E-state index in [1.807, 2.05) is 45.0 Å². The number of nitrogens with one attached hydrogen (secondary N) is 1. The Labute approximate surface area is 96.6 Å². The molecule has 0 unspecified atom stereocenters. The molecule has 0 aromatic heterocycles. The van der Waals surface area contributed by atoms with Crippen LogP contribution in [0.5, 0.6) is 0 Å². The second-order valence-electron chi connectivity index (χ2n) is 4.30. The van der Waals surface area contributed by atoms with Gasteiger partial charge in [-0.2, -0.15) is 5.10 Å². The van der Waals surface area contributed by atoms with Gasteiger partial charge in [-0.25, -0.2) is 5.43 Å². The fourth-order valence-electron chi connectivity index (χ4n) is 1.25. The summed E-state index contributed by atoms with van der Waals surface area (Å²) in [5, 5.41) is 3.90. The lowest BCUT2D eigenvalue weighted by atomic mass is 10.1. The van der Waals surface area contributed by atoms with Crippen molar-refractivity contribution in [3.8, 4) is 0 Å². The lowest BCUT2D eigenvalue weighted by Gasteiger charge is -2.01. The van der Waals surface area contributed by atoms with Gasteiger partial charge in [-0.3, -0.25) is 4.79 Å². The minimum Gasteiger partial charge on any atom is -0.273 e. The van der Waals surface area contributed by atoms with E-state index in [9.17, 15) is 4.79 Å². The molecule has 0 atom stereocenters. The normalized spacial score (nSPS) is 11.0. The van der Waals surface area contributed by atoms with Gasteiger partial charge < -0.3 is 0 Å². The van der Waals surface area contributed by atoms with Crippen LogP contribution < -0.4 is 5.43 Å². The number of amides is 1. The van der Waals surface area contributed by atoms with Crippen molar-refractivity contribution in [1.82, 2.24) is 5.43 Å². The third-order valence-electron chi connectivity index (χ3n) is 2.07. The van der Waals surface area contributed by atoms with Crippen LogP contribution in [0.3, 0.4) is 0 Å². The Hall–Kier alpha value is -1.64. The fraction of sp³-hybridized carbons (Fsp3) is 0.385. The van der Waals surface area contributed by atoms with Crippen LogP contribution in [0, 0.1) is 12.8 Å². The molecule has 0 radical (unpaired) electrons. The minimum absolute atomic E-state index is 0.0432. The Morgan fingerprint density at radius 1 is 1.38 bits per heavy atom. The first-order chi connectivity index (χ1) is 7.58. The number of aryl methyl sites for hydroxylation is 1. The summed E-state index contributed by atoms with van der Waals surface area (Å²) in [6, 6.07) is 7.95. The van der Waals surface area contributed by atoms with E-state index < -0.39 is 0 Å². The Bertz CT molecular complexity index is 366. The van der Waals surface area contributed by atoms with E-state index in [4.69, 9.17) is 0 Å². The second-order valence-corrected chi connectivity index (χ2v) is 4.30. The van der Waals surface area contributed by atoms with Gasteiger partial charge in [-0.1, -0.05) is 43.7 Å². The number of hydrogen-bond acceptors (Lipinski definition) is 2. The monoisotopic (exact) mass is 218 g/mol. The Morgan fingerprint density at radius 3 is 2.56 bits per heavy atom. The fourth-order valence-corrected chi connectivity index (χ4v) is 1.25. The van der Waals surface area contributed by atoms with E-state index in [2.05, 4.69) is 10.5 Å². The van der Waals surface area contributed by atoms with Crippen molar-refractivity contribution in [2.45, 2.75) is 27.2 Å². The van der Waals surface area contributed by atoms with Gasteiger partial charge >= 0.3 is 0 Å². The van der Waals surface area contributed by atoms with E-state index in [-0.39, 0.29) is 5.91 Å². The van der Waals surface area contributed by atoms with Gasteiger partial charge in [0.1, 0.15) is 0 Å². The number of hydrogen-bond donors (Lipinski definition) is 1. The largest absolute Gasteiger partial charge is 0.273 e. The molecule has 1 aromatic carbocycles. The van der Waals surface area contributed by atoms with E-state index in [0.29, 0.717) is 12.3 Å². The molecule has 1 rings (SSSR count). The van der Waals surface area contributed by atoms with Crippen molar-refractivity contribution >= 4 is 12.1 Å². The number of rotatable bonds is 4. The Balaban J connectivity index is 2.43. The zero-order valence-electron chi connectivity index (χ0n) is 10.0. The molecule has 0 saturated heterocycles. The molecular weight excluding hydrogens is 200 g/mol. The first-order valence-electron chi connectivity index (χ1n) is 5.46. The molecule has 0 aliphatic carbocycles. The van der Waals surface area contributed by atoms with Crippen LogP contribution >= 0.6 is 0 Å². The second kappa shape index (κ2) is 6.05. The quantitative estimate of drug-likeness (QED) is 0.612. The summed E-state index contributed by atoms with van der Waals surface area (Å²) < 4.78 is 0. The van der Waals surface area contributed by atoms with Gasteiger partial charge in [0.2, 0.25) is 5.91 Å².